The van der Waals surface area contributed by atoms with Gasteiger partial charge in [-0.25, -0.2) is 4.79 Å². The molecule has 3 heteroatoms. The molecule has 154 valence electrons. The Morgan fingerprint density at radius 1 is 0.704 bits per heavy atom. The van der Waals surface area contributed by atoms with Crippen LogP contribution >= 0.6 is 0 Å². The fraction of sp³-hybridized carbons (Fsp3) is 0.708. The molecule has 0 fully saturated rings. The van der Waals surface area contributed by atoms with Crippen molar-refractivity contribution in [1.29, 1.82) is 0 Å². The molecular weight excluding hydrogens is 336 g/mol. The standard InChI is InChI=1S/C24H40O3/c1-2-3-4-5-6-7-8-9-10-11-12-13-14-15-16-21-27-24(26)22-17-19-23(25)20-18-22/h17-20,25H,2-16,21H2,1H3. The molecule has 1 N–H and O–H groups in total. The zero-order chi connectivity index (χ0) is 19.6. The predicted molar refractivity (Wildman–Crippen MR) is 113 cm³/mol. The minimum atomic E-state index is -0.305. The van der Waals surface area contributed by atoms with Gasteiger partial charge in [0.2, 0.25) is 0 Å². The average Bonchev–Trinajstić information content (AvgIpc) is 2.68. The van der Waals surface area contributed by atoms with Crippen molar-refractivity contribution >= 4 is 5.97 Å². The number of hydrogen-bond donors (Lipinski definition) is 1. The Balaban J connectivity index is 1.80. The summed E-state index contributed by atoms with van der Waals surface area (Å²) in [6, 6.07) is 6.18. The van der Waals surface area contributed by atoms with Crippen molar-refractivity contribution in [2.45, 2.75) is 103 Å². The van der Waals surface area contributed by atoms with Crippen molar-refractivity contribution < 1.29 is 14.6 Å². The van der Waals surface area contributed by atoms with Crippen LogP contribution in [0.25, 0.3) is 0 Å². The molecule has 27 heavy (non-hydrogen) atoms. The largest absolute Gasteiger partial charge is 0.508 e. The van der Waals surface area contributed by atoms with Gasteiger partial charge in [-0.3, -0.25) is 0 Å². The molecule has 0 unspecified atom stereocenters. The van der Waals surface area contributed by atoms with E-state index in [0.717, 1.165) is 12.8 Å². The molecule has 0 atom stereocenters. The van der Waals surface area contributed by atoms with Crippen LogP contribution in [0.2, 0.25) is 0 Å². The lowest BCUT2D eigenvalue weighted by Gasteiger charge is -2.05. The van der Waals surface area contributed by atoms with Gasteiger partial charge >= 0.3 is 5.97 Å². The van der Waals surface area contributed by atoms with Gasteiger partial charge in [-0.15, -0.1) is 0 Å². The summed E-state index contributed by atoms with van der Waals surface area (Å²) in [5, 5.41) is 9.21. The topological polar surface area (TPSA) is 46.5 Å². The van der Waals surface area contributed by atoms with Gasteiger partial charge in [-0.1, -0.05) is 96.8 Å². The third-order valence-corrected chi connectivity index (χ3v) is 5.08. The number of aromatic hydroxyl groups is 1. The minimum Gasteiger partial charge on any atom is -0.508 e. The van der Waals surface area contributed by atoms with E-state index < -0.39 is 0 Å². The summed E-state index contributed by atoms with van der Waals surface area (Å²) in [6.07, 6.45) is 19.9. The van der Waals surface area contributed by atoms with E-state index in [4.69, 9.17) is 4.74 Å². The lowest BCUT2D eigenvalue weighted by atomic mass is 10.0. The van der Waals surface area contributed by atoms with Gasteiger partial charge in [0, 0.05) is 0 Å². The van der Waals surface area contributed by atoms with E-state index in [-0.39, 0.29) is 11.7 Å². The summed E-state index contributed by atoms with van der Waals surface area (Å²) in [7, 11) is 0. The number of carbonyl (C=O) groups is 1. The molecule has 3 nitrogen and oxygen atoms in total. The number of phenols is 1. The van der Waals surface area contributed by atoms with Crippen LogP contribution in [0.4, 0.5) is 0 Å². The zero-order valence-corrected chi connectivity index (χ0v) is 17.4. The first-order valence-electron chi connectivity index (χ1n) is 11.2. The molecule has 0 radical (unpaired) electrons. The summed E-state index contributed by atoms with van der Waals surface area (Å²) in [5.74, 6) is -0.144. The second-order valence-corrected chi connectivity index (χ2v) is 7.63. The summed E-state index contributed by atoms with van der Waals surface area (Å²) in [4.78, 5) is 11.8. The van der Waals surface area contributed by atoms with Gasteiger partial charge in [-0.2, -0.15) is 0 Å². The van der Waals surface area contributed by atoms with Gasteiger partial charge in [0.15, 0.2) is 0 Å². The van der Waals surface area contributed by atoms with E-state index in [1.807, 2.05) is 0 Å². The highest BCUT2D eigenvalue weighted by Gasteiger charge is 2.06. The van der Waals surface area contributed by atoms with Crippen molar-refractivity contribution in [1.82, 2.24) is 0 Å². The van der Waals surface area contributed by atoms with Crippen LogP contribution in [0.15, 0.2) is 24.3 Å². The number of rotatable bonds is 17. The molecule has 0 aliphatic carbocycles. The first-order valence-corrected chi connectivity index (χ1v) is 11.2. The van der Waals surface area contributed by atoms with Crippen molar-refractivity contribution in [3.63, 3.8) is 0 Å². The second-order valence-electron chi connectivity index (χ2n) is 7.63. The highest BCUT2D eigenvalue weighted by Crippen LogP contribution is 2.14. The van der Waals surface area contributed by atoms with Crippen LogP contribution in [0.5, 0.6) is 5.75 Å². The van der Waals surface area contributed by atoms with Crippen LogP contribution in [0, 0.1) is 0 Å². The van der Waals surface area contributed by atoms with Crippen molar-refractivity contribution in [2.24, 2.45) is 0 Å². The molecule has 0 heterocycles. The Hall–Kier alpha value is -1.51. The van der Waals surface area contributed by atoms with Crippen molar-refractivity contribution in [3.05, 3.63) is 29.8 Å². The Kier molecular flexibility index (Phi) is 14.5. The van der Waals surface area contributed by atoms with E-state index in [2.05, 4.69) is 6.92 Å². The van der Waals surface area contributed by atoms with E-state index in [1.54, 1.807) is 12.1 Å². The van der Waals surface area contributed by atoms with Gasteiger partial charge in [0.05, 0.1) is 12.2 Å². The average molecular weight is 377 g/mol. The number of ether oxygens (including phenoxy) is 1. The summed E-state index contributed by atoms with van der Waals surface area (Å²) < 4.78 is 5.26. The maximum atomic E-state index is 11.8. The monoisotopic (exact) mass is 376 g/mol. The molecule has 0 bridgehead atoms. The van der Waals surface area contributed by atoms with Gasteiger partial charge < -0.3 is 9.84 Å². The second kappa shape index (κ2) is 16.6. The van der Waals surface area contributed by atoms with Crippen LogP contribution in [0.3, 0.4) is 0 Å². The zero-order valence-electron chi connectivity index (χ0n) is 17.4. The molecule has 0 aliphatic heterocycles. The first-order chi connectivity index (χ1) is 13.2. The molecule has 1 aromatic carbocycles. The number of hydrogen-bond acceptors (Lipinski definition) is 3. The molecule has 1 rings (SSSR count). The molecule has 0 saturated heterocycles. The SMILES string of the molecule is CCCCCCCCCCCCCCCCCOC(=O)c1ccc(O)cc1. The van der Waals surface area contributed by atoms with Crippen LogP contribution in [0.1, 0.15) is 114 Å². The van der Waals surface area contributed by atoms with Crippen molar-refractivity contribution in [3.8, 4) is 5.75 Å². The quantitative estimate of drug-likeness (QED) is 0.227. The van der Waals surface area contributed by atoms with Gasteiger partial charge in [0.25, 0.3) is 0 Å². The maximum Gasteiger partial charge on any atom is 0.338 e. The maximum absolute atomic E-state index is 11.8. The summed E-state index contributed by atoms with van der Waals surface area (Å²) in [6.45, 7) is 2.76. The Labute approximate surface area is 166 Å². The fourth-order valence-corrected chi connectivity index (χ4v) is 3.32. The molecule has 0 aliphatic rings. The number of carbonyl (C=O) groups excluding carboxylic acids is 1. The third-order valence-electron chi connectivity index (χ3n) is 5.08. The number of esters is 1. The van der Waals surface area contributed by atoms with Crippen molar-refractivity contribution in [2.75, 3.05) is 6.61 Å². The minimum absolute atomic E-state index is 0.161. The fourth-order valence-electron chi connectivity index (χ4n) is 3.32. The van der Waals surface area contributed by atoms with Gasteiger partial charge in [-0.05, 0) is 30.7 Å². The third kappa shape index (κ3) is 13.3. The smallest absolute Gasteiger partial charge is 0.338 e. The van der Waals surface area contributed by atoms with Crippen LogP contribution < -0.4 is 0 Å². The van der Waals surface area contributed by atoms with E-state index in [9.17, 15) is 9.90 Å². The lowest BCUT2D eigenvalue weighted by molar-refractivity contribution is 0.0497. The van der Waals surface area contributed by atoms with Crippen LogP contribution in [-0.2, 0) is 4.74 Å². The molecule has 0 saturated carbocycles. The molecular formula is C24H40O3. The Morgan fingerprint density at radius 2 is 1.11 bits per heavy atom. The highest BCUT2D eigenvalue weighted by atomic mass is 16.5. The Morgan fingerprint density at radius 3 is 1.56 bits per heavy atom. The molecule has 1 aromatic rings. The van der Waals surface area contributed by atoms with E-state index >= 15 is 0 Å². The molecule has 0 spiro atoms. The molecule has 0 amide bonds. The predicted octanol–water partition coefficient (Wildman–Crippen LogP) is 7.42. The van der Waals surface area contributed by atoms with E-state index in [0.29, 0.717) is 12.2 Å². The normalized spacial score (nSPS) is 10.9. The molecule has 0 aromatic heterocycles. The number of benzene rings is 1. The van der Waals surface area contributed by atoms with Gasteiger partial charge in [0.1, 0.15) is 5.75 Å². The van der Waals surface area contributed by atoms with E-state index in [1.165, 1.54) is 95.6 Å². The number of phenolic OH excluding ortho intramolecular Hbond substituents is 1. The lowest BCUT2D eigenvalue weighted by Crippen LogP contribution is -2.06. The first kappa shape index (κ1) is 23.5. The highest BCUT2D eigenvalue weighted by molar-refractivity contribution is 5.89. The summed E-state index contributed by atoms with van der Waals surface area (Å²) in [5.41, 5.74) is 0.494. The van der Waals surface area contributed by atoms with Crippen LogP contribution in [-0.4, -0.2) is 17.7 Å². The Bertz CT molecular complexity index is 467. The summed E-state index contributed by atoms with van der Waals surface area (Å²) >= 11 is 0. The number of unbranched alkanes of at least 4 members (excludes halogenated alkanes) is 14.